The van der Waals surface area contributed by atoms with Gasteiger partial charge in [0.2, 0.25) is 0 Å². The smallest absolute Gasteiger partial charge is 0.320 e. The van der Waals surface area contributed by atoms with E-state index in [0.717, 1.165) is 31.8 Å². The number of likely N-dealkylation sites (tertiary alicyclic amines) is 1. The molecule has 2 aliphatic heterocycles. The Kier molecular flexibility index (Phi) is 4.23. The molecule has 0 bridgehead atoms. The second-order valence-corrected chi connectivity index (χ2v) is 5.13. The molecule has 0 aromatic carbocycles. The lowest BCUT2D eigenvalue weighted by atomic mass is 9.99. The Morgan fingerprint density at radius 2 is 2.00 bits per heavy atom. The number of amides is 2. The van der Waals surface area contributed by atoms with Crippen molar-refractivity contribution >= 4 is 6.03 Å². The van der Waals surface area contributed by atoms with Crippen LogP contribution in [-0.2, 0) is 4.74 Å². The number of piperidine rings is 1. The minimum atomic E-state index is 0.0106. The molecule has 2 N–H and O–H groups in total. The molecule has 0 saturated carbocycles. The number of carbonyl (C=O) groups excluding carboxylic acids is 1. The van der Waals surface area contributed by atoms with E-state index in [1.165, 1.54) is 0 Å². The van der Waals surface area contributed by atoms with Gasteiger partial charge in [0.05, 0.1) is 12.7 Å². The van der Waals surface area contributed by atoms with Crippen molar-refractivity contribution < 1.29 is 9.53 Å². The molecule has 0 aromatic rings. The number of morpholine rings is 1. The van der Waals surface area contributed by atoms with Crippen molar-refractivity contribution in [1.82, 2.24) is 9.80 Å². The van der Waals surface area contributed by atoms with E-state index in [0.29, 0.717) is 26.2 Å². The van der Waals surface area contributed by atoms with Crippen molar-refractivity contribution in [3.05, 3.63) is 0 Å². The first-order valence-corrected chi connectivity index (χ1v) is 6.56. The van der Waals surface area contributed by atoms with Crippen LogP contribution in [0, 0.1) is 5.92 Å². The van der Waals surface area contributed by atoms with E-state index in [-0.39, 0.29) is 12.1 Å². The van der Waals surface area contributed by atoms with Gasteiger partial charge in [-0.15, -0.1) is 0 Å². The van der Waals surface area contributed by atoms with Crippen LogP contribution in [0.4, 0.5) is 4.79 Å². The van der Waals surface area contributed by atoms with Crippen LogP contribution in [0.3, 0.4) is 0 Å². The summed E-state index contributed by atoms with van der Waals surface area (Å²) < 4.78 is 5.47. The highest BCUT2D eigenvalue weighted by Gasteiger charge is 2.28. The van der Waals surface area contributed by atoms with Crippen LogP contribution in [0.2, 0.25) is 0 Å². The average Bonchev–Trinajstić information content (AvgIpc) is 2.39. The molecule has 1 unspecified atom stereocenters. The van der Waals surface area contributed by atoms with Gasteiger partial charge in [-0.2, -0.15) is 0 Å². The lowest BCUT2D eigenvalue weighted by Gasteiger charge is -2.38. The molecule has 0 aliphatic carbocycles. The van der Waals surface area contributed by atoms with Crippen LogP contribution in [0.1, 0.15) is 19.8 Å². The number of nitrogens with two attached hydrogens (primary N) is 1. The highest BCUT2D eigenvalue weighted by molar-refractivity contribution is 5.74. The molecule has 0 aromatic heterocycles. The number of hydrogen-bond acceptors (Lipinski definition) is 3. The summed E-state index contributed by atoms with van der Waals surface area (Å²) in [5.74, 6) is 0.750. The van der Waals surface area contributed by atoms with E-state index in [4.69, 9.17) is 10.5 Å². The minimum Gasteiger partial charge on any atom is -0.373 e. The first-order chi connectivity index (χ1) is 8.20. The first kappa shape index (κ1) is 12.6. The summed E-state index contributed by atoms with van der Waals surface area (Å²) in [4.78, 5) is 16.1. The van der Waals surface area contributed by atoms with Gasteiger partial charge >= 0.3 is 6.03 Å². The molecule has 2 amide bonds. The van der Waals surface area contributed by atoms with Crippen molar-refractivity contribution in [1.29, 1.82) is 0 Å². The third-order valence-electron chi connectivity index (χ3n) is 3.73. The molecule has 17 heavy (non-hydrogen) atoms. The van der Waals surface area contributed by atoms with Gasteiger partial charge in [-0.25, -0.2) is 4.79 Å². The van der Waals surface area contributed by atoms with E-state index in [1.807, 2.05) is 9.80 Å². The zero-order valence-electron chi connectivity index (χ0n) is 10.6. The predicted octanol–water partition coefficient (Wildman–Crippen LogP) is 0.498. The second kappa shape index (κ2) is 5.69. The van der Waals surface area contributed by atoms with Crippen molar-refractivity contribution in [2.45, 2.75) is 25.9 Å². The summed E-state index contributed by atoms with van der Waals surface area (Å²) in [7, 11) is 0. The second-order valence-electron chi connectivity index (χ2n) is 5.13. The Morgan fingerprint density at radius 3 is 2.65 bits per heavy atom. The molecule has 2 fully saturated rings. The van der Waals surface area contributed by atoms with Crippen molar-refractivity contribution in [3.8, 4) is 0 Å². The van der Waals surface area contributed by atoms with E-state index < -0.39 is 0 Å². The summed E-state index contributed by atoms with van der Waals surface area (Å²) >= 11 is 0. The fourth-order valence-electron chi connectivity index (χ4n) is 2.44. The van der Waals surface area contributed by atoms with Crippen LogP contribution in [0.25, 0.3) is 0 Å². The van der Waals surface area contributed by atoms with E-state index in [9.17, 15) is 4.79 Å². The first-order valence-electron chi connectivity index (χ1n) is 6.56. The maximum Gasteiger partial charge on any atom is 0.320 e. The molecule has 2 rings (SSSR count). The molecule has 1 atom stereocenters. The van der Waals surface area contributed by atoms with Crippen molar-refractivity contribution in [3.63, 3.8) is 0 Å². The van der Waals surface area contributed by atoms with Gasteiger partial charge in [0.15, 0.2) is 0 Å². The van der Waals surface area contributed by atoms with Gasteiger partial charge in [0, 0.05) is 32.7 Å². The Hall–Kier alpha value is -0.810. The lowest BCUT2D eigenvalue weighted by molar-refractivity contribution is -0.0151. The molecule has 2 aliphatic rings. The van der Waals surface area contributed by atoms with Gasteiger partial charge in [0.25, 0.3) is 0 Å². The van der Waals surface area contributed by atoms with Crippen molar-refractivity contribution in [2.75, 3.05) is 39.3 Å². The largest absolute Gasteiger partial charge is 0.373 e. The molecule has 0 spiro atoms. The average molecular weight is 241 g/mol. The quantitative estimate of drug-likeness (QED) is 0.727. The highest BCUT2D eigenvalue weighted by Crippen LogP contribution is 2.18. The van der Waals surface area contributed by atoms with Gasteiger partial charge in [-0.3, -0.25) is 0 Å². The summed E-state index contributed by atoms with van der Waals surface area (Å²) in [6.45, 7) is 6.47. The molecule has 2 heterocycles. The molecule has 5 heteroatoms. The molecule has 0 radical (unpaired) electrons. The lowest BCUT2D eigenvalue weighted by Crippen LogP contribution is -2.53. The normalized spacial score (nSPS) is 27.3. The SMILES string of the molecule is CC1CCN(C(=O)N2CCOC(CN)C2)CC1. The molecular weight excluding hydrogens is 218 g/mol. The number of hydrogen-bond donors (Lipinski definition) is 1. The number of carbonyl (C=O) groups is 1. The highest BCUT2D eigenvalue weighted by atomic mass is 16.5. The Balaban J connectivity index is 1.86. The van der Waals surface area contributed by atoms with Gasteiger partial charge in [-0.05, 0) is 18.8 Å². The fourth-order valence-corrected chi connectivity index (χ4v) is 2.44. The summed E-state index contributed by atoms with van der Waals surface area (Å²) in [5, 5.41) is 0. The minimum absolute atomic E-state index is 0.0106. The molecule has 2 saturated heterocycles. The molecular formula is C12H23N3O2. The summed E-state index contributed by atoms with van der Waals surface area (Å²) in [6.07, 6.45) is 2.25. The number of urea groups is 1. The fraction of sp³-hybridized carbons (Fsp3) is 0.917. The topological polar surface area (TPSA) is 58.8 Å². The van der Waals surface area contributed by atoms with Crippen LogP contribution in [-0.4, -0.2) is 61.3 Å². The summed E-state index contributed by atoms with van der Waals surface area (Å²) in [5.41, 5.74) is 5.59. The maximum atomic E-state index is 12.3. The number of nitrogens with zero attached hydrogens (tertiary/aromatic N) is 2. The predicted molar refractivity (Wildman–Crippen MR) is 65.7 cm³/mol. The molecule has 5 nitrogen and oxygen atoms in total. The zero-order chi connectivity index (χ0) is 12.3. The standard InChI is InChI=1S/C12H23N3O2/c1-10-2-4-14(5-3-10)12(16)15-6-7-17-11(8-13)9-15/h10-11H,2-9,13H2,1H3. The maximum absolute atomic E-state index is 12.3. The van der Waals surface area contributed by atoms with Gasteiger partial charge in [-0.1, -0.05) is 6.92 Å². The van der Waals surface area contributed by atoms with Crippen LogP contribution in [0.15, 0.2) is 0 Å². The zero-order valence-corrected chi connectivity index (χ0v) is 10.6. The number of ether oxygens (including phenoxy) is 1. The van der Waals surface area contributed by atoms with Crippen LogP contribution in [0.5, 0.6) is 0 Å². The van der Waals surface area contributed by atoms with Gasteiger partial charge in [0.1, 0.15) is 0 Å². The van der Waals surface area contributed by atoms with Crippen LogP contribution < -0.4 is 5.73 Å². The Labute approximate surface area is 103 Å². The van der Waals surface area contributed by atoms with E-state index >= 15 is 0 Å². The Bertz CT molecular complexity index is 264. The monoisotopic (exact) mass is 241 g/mol. The third-order valence-corrected chi connectivity index (χ3v) is 3.73. The van der Waals surface area contributed by atoms with Crippen molar-refractivity contribution in [2.24, 2.45) is 11.7 Å². The van der Waals surface area contributed by atoms with Crippen LogP contribution >= 0.6 is 0 Å². The van der Waals surface area contributed by atoms with E-state index in [2.05, 4.69) is 6.92 Å². The summed E-state index contributed by atoms with van der Waals surface area (Å²) in [6, 6.07) is 0.165. The third kappa shape index (κ3) is 3.10. The number of rotatable bonds is 1. The Morgan fingerprint density at radius 1 is 1.29 bits per heavy atom. The van der Waals surface area contributed by atoms with E-state index in [1.54, 1.807) is 0 Å². The van der Waals surface area contributed by atoms with Gasteiger partial charge < -0.3 is 20.3 Å². The molecule has 98 valence electrons.